The zero-order valence-electron chi connectivity index (χ0n) is 10.6. The Kier molecular flexibility index (Phi) is 4.17. The van der Waals surface area contributed by atoms with Crippen LogP contribution in [0.3, 0.4) is 0 Å². The van der Waals surface area contributed by atoms with Crippen molar-refractivity contribution >= 4 is 5.69 Å². The molecule has 0 aliphatic heterocycles. The van der Waals surface area contributed by atoms with E-state index in [4.69, 9.17) is 0 Å². The topological polar surface area (TPSA) is 23.5 Å². The molecule has 1 aliphatic rings. The Hall–Kier alpha value is -1.16. The molecule has 0 amide bonds. The quantitative estimate of drug-likeness (QED) is 0.897. The van der Waals surface area contributed by atoms with Gasteiger partial charge in [0.1, 0.15) is 11.6 Å². The Labute approximate surface area is 106 Å². The molecule has 0 heterocycles. The highest BCUT2D eigenvalue weighted by atomic mass is 19.1. The summed E-state index contributed by atoms with van der Waals surface area (Å²) in [6, 6.07) is 3.52. The summed E-state index contributed by atoms with van der Waals surface area (Å²) in [4.78, 5) is 1.76. The molecule has 4 heteroatoms. The first-order chi connectivity index (χ1) is 8.56. The molecule has 0 unspecified atom stereocenters. The lowest BCUT2D eigenvalue weighted by Crippen LogP contribution is -2.30. The lowest BCUT2D eigenvalue weighted by molar-refractivity contribution is 0.110. The van der Waals surface area contributed by atoms with E-state index in [1.54, 1.807) is 11.9 Å². The Morgan fingerprint density at radius 3 is 2.56 bits per heavy atom. The molecule has 0 aromatic heterocycles. The summed E-state index contributed by atoms with van der Waals surface area (Å²) in [6.07, 6.45) is 3.33. The second-order valence-electron chi connectivity index (χ2n) is 5.15. The molecule has 0 bridgehead atoms. The molecule has 0 saturated heterocycles. The van der Waals surface area contributed by atoms with Gasteiger partial charge in [0.05, 0.1) is 11.8 Å². The average molecular weight is 255 g/mol. The Morgan fingerprint density at radius 2 is 1.89 bits per heavy atom. The van der Waals surface area contributed by atoms with Crippen LogP contribution in [-0.2, 0) is 0 Å². The van der Waals surface area contributed by atoms with E-state index in [9.17, 15) is 13.9 Å². The van der Waals surface area contributed by atoms with Gasteiger partial charge in [0.15, 0.2) is 0 Å². The van der Waals surface area contributed by atoms with Gasteiger partial charge in [-0.2, -0.15) is 0 Å². The lowest BCUT2D eigenvalue weighted by Gasteiger charge is -2.30. The third-order valence-corrected chi connectivity index (χ3v) is 3.67. The van der Waals surface area contributed by atoms with Gasteiger partial charge in [0, 0.05) is 19.7 Å². The van der Waals surface area contributed by atoms with Crippen molar-refractivity contribution in [2.24, 2.45) is 5.92 Å². The van der Waals surface area contributed by atoms with E-state index in [-0.39, 0.29) is 6.10 Å². The van der Waals surface area contributed by atoms with Crippen molar-refractivity contribution in [2.75, 3.05) is 18.5 Å². The van der Waals surface area contributed by atoms with Gasteiger partial charge >= 0.3 is 0 Å². The molecule has 1 N–H and O–H groups in total. The minimum atomic E-state index is -0.419. The summed E-state index contributed by atoms with van der Waals surface area (Å²) in [5, 5.41) is 9.44. The van der Waals surface area contributed by atoms with Crippen LogP contribution in [0, 0.1) is 17.6 Å². The predicted octanol–water partition coefficient (Wildman–Crippen LogP) is 2.95. The van der Waals surface area contributed by atoms with Gasteiger partial charge < -0.3 is 10.0 Å². The smallest absolute Gasteiger partial charge is 0.146 e. The summed E-state index contributed by atoms with van der Waals surface area (Å²) in [6.45, 7) is 0.701. The number of aliphatic hydroxyl groups is 1. The van der Waals surface area contributed by atoms with Gasteiger partial charge in [-0.05, 0) is 43.7 Å². The van der Waals surface area contributed by atoms with E-state index < -0.39 is 11.6 Å². The highest BCUT2D eigenvalue weighted by molar-refractivity contribution is 5.47. The summed E-state index contributed by atoms with van der Waals surface area (Å²) >= 11 is 0. The molecule has 1 aromatic rings. The number of nitrogens with zero attached hydrogens (tertiary/aromatic N) is 1. The van der Waals surface area contributed by atoms with Crippen molar-refractivity contribution in [3.8, 4) is 0 Å². The first kappa shape index (κ1) is 13.3. The lowest BCUT2D eigenvalue weighted by atomic mass is 9.87. The maximum absolute atomic E-state index is 13.6. The average Bonchev–Trinajstić information content (AvgIpc) is 2.35. The van der Waals surface area contributed by atoms with Crippen LogP contribution >= 0.6 is 0 Å². The summed E-state index contributed by atoms with van der Waals surface area (Å²) < 4.78 is 26.7. The molecule has 2 nitrogen and oxygen atoms in total. The third-order valence-electron chi connectivity index (χ3n) is 3.67. The van der Waals surface area contributed by atoms with Gasteiger partial charge in [-0.15, -0.1) is 0 Å². The molecule has 0 radical (unpaired) electrons. The number of anilines is 1. The molecule has 18 heavy (non-hydrogen) atoms. The van der Waals surface area contributed by atoms with Crippen LogP contribution in [-0.4, -0.2) is 24.8 Å². The van der Waals surface area contributed by atoms with Crippen LogP contribution in [0.4, 0.5) is 14.5 Å². The number of hydrogen-bond acceptors (Lipinski definition) is 2. The minimum absolute atomic E-state index is 0.183. The second-order valence-corrected chi connectivity index (χ2v) is 5.15. The maximum atomic E-state index is 13.6. The normalized spacial score (nSPS) is 24.0. The summed E-state index contributed by atoms with van der Waals surface area (Å²) in [5.41, 5.74) is 0.307. The minimum Gasteiger partial charge on any atom is -0.393 e. The molecular formula is C14H19F2NO. The van der Waals surface area contributed by atoms with E-state index in [2.05, 4.69) is 0 Å². The standard InChI is InChI=1S/C14H19F2NO/c1-17(9-10-2-5-12(18)6-3-10)14-8-11(15)4-7-13(14)16/h4,7-8,10,12,18H,2-3,5-6,9H2,1H3. The highest BCUT2D eigenvalue weighted by Crippen LogP contribution is 2.27. The van der Waals surface area contributed by atoms with Crippen LogP contribution in [0.25, 0.3) is 0 Å². The highest BCUT2D eigenvalue weighted by Gasteiger charge is 2.21. The number of benzene rings is 1. The SMILES string of the molecule is CN(CC1CCC(O)CC1)c1cc(F)ccc1F. The molecule has 0 spiro atoms. The largest absolute Gasteiger partial charge is 0.393 e. The fourth-order valence-corrected chi connectivity index (χ4v) is 2.59. The van der Waals surface area contributed by atoms with Crippen LogP contribution in [0.5, 0.6) is 0 Å². The zero-order chi connectivity index (χ0) is 13.1. The van der Waals surface area contributed by atoms with Crippen LogP contribution in [0.1, 0.15) is 25.7 Å². The number of hydrogen-bond donors (Lipinski definition) is 1. The summed E-state index contributed by atoms with van der Waals surface area (Å²) in [7, 11) is 1.78. The van der Waals surface area contributed by atoms with Gasteiger partial charge in [0.25, 0.3) is 0 Å². The fourth-order valence-electron chi connectivity index (χ4n) is 2.59. The molecule has 2 rings (SSSR count). The van der Waals surface area contributed by atoms with Gasteiger partial charge in [0.2, 0.25) is 0 Å². The number of halogens is 2. The molecule has 1 aliphatic carbocycles. The van der Waals surface area contributed by atoms with Crippen molar-refractivity contribution < 1.29 is 13.9 Å². The fraction of sp³-hybridized carbons (Fsp3) is 0.571. The van der Waals surface area contributed by atoms with Crippen molar-refractivity contribution in [3.05, 3.63) is 29.8 Å². The van der Waals surface area contributed by atoms with Crippen molar-refractivity contribution in [1.82, 2.24) is 0 Å². The number of aliphatic hydroxyl groups excluding tert-OH is 1. The zero-order valence-corrected chi connectivity index (χ0v) is 10.6. The Balaban J connectivity index is 1.98. The van der Waals surface area contributed by atoms with Gasteiger partial charge in [-0.25, -0.2) is 8.78 Å². The van der Waals surface area contributed by atoms with E-state index in [0.29, 0.717) is 18.2 Å². The molecular weight excluding hydrogens is 236 g/mol. The Bertz CT molecular complexity index is 403. The Morgan fingerprint density at radius 1 is 1.22 bits per heavy atom. The van der Waals surface area contributed by atoms with Gasteiger partial charge in [-0.3, -0.25) is 0 Å². The first-order valence-electron chi connectivity index (χ1n) is 6.40. The van der Waals surface area contributed by atoms with Crippen molar-refractivity contribution in [1.29, 1.82) is 0 Å². The summed E-state index contributed by atoms with van der Waals surface area (Å²) in [5.74, 6) is -0.367. The van der Waals surface area contributed by atoms with Gasteiger partial charge in [-0.1, -0.05) is 0 Å². The van der Waals surface area contributed by atoms with Crippen molar-refractivity contribution in [2.45, 2.75) is 31.8 Å². The van der Waals surface area contributed by atoms with Crippen LogP contribution < -0.4 is 4.90 Å². The second kappa shape index (κ2) is 5.65. The monoisotopic (exact) mass is 255 g/mol. The third kappa shape index (κ3) is 3.19. The molecule has 1 aromatic carbocycles. The molecule has 0 atom stereocenters. The van der Waals surface area contributed by atoms with E-state index in [1.807, 2.05) is 0 Å². The van der Waals surface area contributed by atoms with E-state index in [0.717, 1.165) is 37.8 Å². The molecule has 1 saturated carbocycles. The van der Waals surface area contributed by atoms with Crippen LogP contribution in [0.15, 0.2) is 18.2 Å². The predicted molar refractivity (Wildman–Crippen MR) is 67.6 cm³/mol. The van der Waals surface area contributed by atoms with E-state index >= 15 is 0 Å². The molecule has 1 fully saturated rings. The maximum Gasteiger partial charge on any atom is 0.146 e. The van der Waals surface area contributed by atoms with Crippen LogP contribution in [0.2, 0.25) is 0 Å². The number of rotatable bonds is 3. The van der Waals surface area contributed by atoms with E-state index in [1.165, 1.54) is 6.07 Å². The van der Waals surface area contributed by atoms with Crippen molar-refractivity contribution in [3.63, 3.8) is 0 Å². The molecule has 100 valence electrons. The first-order valence-corrected chi connectivity index (χ1v) is 6.40.